The van der Waals surface area contributed by atoms with E-state index in [1.807, 2.05) is 0 Å². The van der Waals surface area contributed by atoms with Crippen molar-refractivity contribution in [3.05, 3.63) is 0 Å². The number of unbranched alkanes of at least 4 members (excludes halogenated alkanes) is 35. The van der Waals surface area contributed by atoms with Crippen molar-refractivity contribution >= 4 is 39.5 Å². The molecule has 528 valence electrons. The quantitative estimate of drug-likeness (QED) is 0.0222. The van der Waals surface area contributed by atoms with Crippen molar-refractivity contribution in [3.8, 4) is 0 Å². The van der Waals surface area contributed by atoms with E-state index in [9.17, 15) is 43.2 Å². The summed E-state index contributed by atoms with van der Waals surface area (Å²) in [5, 5.41) is 10.6. The van der Waals surface area contributed by atoms with Crippen LogP contribution in [0.2, 0.25) is 0 Å². The number of aliphatic hydroxyl groups excluding tert-OH is 1. The monoisotopic (exact) mass is 1310 g/mol. The topological polar surface area (TPSA) is 237 Å². The molecule has 19 heteroatoms. The standard InChI is InChI=1S/C70H136O17P2/c1-8-10-11-12-27-37-44-51-67(72)80-57-65(86-70(75)54-47-40-33-26-19-17-22-29-35-42-49-62(5)6)59-84-88(76,77)82-55-64(71)56-83-89(78,79)85-60-66(58-81-68(73)52-45-38-31-24-20-18-23-30-36-43-50-63(7)9-2)87-69(74)53-46-39-32-25-16-14-13-15-21-28-34-41-48-61(3)4/h61-66,71H,8-60H2,1-7H3,(H,76,77)(H,78,79)/t63?,64-,65+,66+/m0/s1. The van der Waals surface area contributed by atoms with Crippen molar-refractivity contribution in [1.82, 2.24) is 0 Å². The Balaban J connectivity index is 5.22. The van der Waals surface area contributed by atoms with Crippen LogP contribution in [0, 0.1) is 17.8 Å². The summed E-state index contributed by atoms with van der Waals surface area (Å²) in [5.41, 5.74) is 0. The van der Waals surface area contributed by atoms with Crippen LogP contribution in [-0.4, -0.2) is 96.7 Å². The Morgan fingerprint density at radius 2 is 0.573 bits per heavy atom. The lowest BCUT2D eigenvalue weighted by atomic mass is 9.99. The minimum absolute atomic E-state index is 0.105. The van der Waals surface area contributed by atoms with Crippen molar-refractivity contribution in [2.75, 3.05) is 39.6 Å². The fourth-order valence-corrected chi connectivity index (χ4v) is 12.1. The summed E-state index contributed by atoms with van der Waals surface area (Å²) in [6, 6.07) is 0. The van der Waals surface area contributed by atoms with Gasteiger partial charge in [-0.25, -0.2) is 9.13 Å². The van der Waals surface area contributed by atoms with E-state index in [4.69, 9.17) is 37.0 Å². The molecule has 0 aromatic rings. The highest BCUT2D eigenvalue weighted by atomic mass is 31.2. The average molecular weight is 1310 g/mol. The highest BCUT2D eigenvalue weighted by Crippen LogP contribution is 2.45. The lowest BCUT2D eigenvalue weighted by molar-refractivity contribution is -0.161. The number of phosphoric acid groups is 2. The lowest BCUT2D eigenvalue weighted by Gasteiger charge is -2.21. The van der Waals surface area contributed by atoms with Crippen molar-refractivity contribution in [2.24, 2.45) is 17.8 Å². The van der Waals surface area contributed by atoms with Gasteiger partial charge in [0.25, 0.3) is 0 Å². The normalized spacial score (nSPS) is 14.5. The highest BCUT2D eigenvalue weighted by Gasteiger charge is 2.30. The van der Waals surface area contributed by atoms with E-state index in [2.05, 4.69) is 48.5 Å². The number of carbonyl (C=O) groups excluding carboxylic acids is 4. The fraction of sp³-hybridized carbons (Fsp3) is 0.943. The molecule has 0 spiro atoms. The molecule has 3 N–H and O–H groups in total. The summed E-state index contributed by atoms with van der Waals surface area (Å²) >= 11 is 0. The van der Waals surface area contributed by atoms with Gasteiger partial charge in [0.05, 0.1) is 26.4 Å². The Morgan fingerprint density at radius 1 is 0.326 bits per heavy atom. The zero-order valence-corrected chi connectivity index (χ0v) is 59.7. The highest BCUT2D eigenvalue weighted by molar-refractivity contribution is 7.47. The smallest absolute Gasteiger partial charge is 0.462 e. The van der Waals surface area contributed by atoms with E-state index in [-0.39, 0.29) is 25.7 Å². The summed E-state index contributed by atoms with van der Waals surface area (Å²) in [5.74, 6) is 0.209. The van der Waals surface area contributed by atoms with Crippen molar-refractivity contribution < 1.29 is 80.2 Å². The summed E-state index contributed by atoms with van der Waals surface area (Å²) in [6.07, 6.45) is 44.4. The van der Waals surface area contributed by atoms with Gasteiger partial charge in [0, 0.05) is 25.7 Å². The number of esters is 4. The van der Waals surface area contributed by atoms with Crippen molar-refractivity contribution in [3.63, 3.8) is 0 Å². The second kappa shape index (κ2) is 61.0. The Morgan fingerprint density at radius 3 is 0.854 bits per heavy atom. The molecule has 0 saturated carbocycles. The molecule has 0 fully saturated rings. The van der Waals surface area contributed by atoms with Gasteiger partial charge in [-0.05, 0) is 43.4 Å². The van der Waals surface area contributed by atoms with E-state index in [0.29, 0.717) is 25.7 Å². The number of carbonyl (C=O) groups is 4. The molecule has 0 saturated heterocycles. The second-order valence-corrected chi connectivity index (χ2v) is 29.4. The zero-order valence-electron chi connectivity index (χ0n) is 57.9. The molecule has 17 nitrogen and oxygen atoms in total. The number of rotatable bonds is 68. The lowest BCUT2D eigenvalue weighted by Crippen LogP contribution is -2.30. The predicted molar refractivity (Wildman–Crippen MR) is 358 cm³/mol. The molecular weight excluding hydrogens is 1170 g/mol. The molecule has 0 heterocycles. The number of hydrogen-bond donors (Lipinski definition) is 3. The van der Waals surface area contributed by atoms with Crippen LogP contribution in [0.4, 0.5) is 0 Å². The van der Waals surface area contributed by atoms with Crippen LogP contribution < -0.4 is 0 Å². The largest absolute Gasteiger partial charge is 0.472 e. The summed E-state index contributed by atoms with van der Waals surface area (Å²) in [4.78, 5) is 72.4. The van der Waals surface area contributed by atoms with Crippen LogP contribution in [0.25, 0.3) is 0 Å². The molecule has 0 aromatic carbocycles. The van der Waals surface area contributed by atoms with E-state index >= 15 is 0 Å². The summed E-state index contributed by atoms with van der Waals surface area (Å²) < 4.78 is 68.2. The van der Waals surface area contributed by atoms with Crippen LogP contribution in [0.3, 0.4) is 0 Å². The van der Waals surface area contributed by atoms with E-state index in [0.717, 1.165) is 120 Å². The van der Waals surface area contributed by atoms with Crippen LogP contribution in [0.15, 0.2) is 0 Å². The average Bonchev–Trinajstić information content (AvgIpc) is 3.71. The molecule has 0 bridgehead atoms. The number of phosphoric ester groups is 2. The van der Waals surface area contributed by atoms with E-state index in [1.165, 1.54) is 148 Å². The van der Waals surface area contributed by atoms with E-state index in [1.54, 1.807) is 0 Å². The Labute approximate surface area is 543 Å². The first-order valence-electron chi connectivity index (χ1n) is 36.4. The third-order valence-corrected chi connectivity index (χ3v) is 18.4. The second-order valence-electron chi connectivity index (χ2n) is 26.5. The van der Waals surface area contributed by atoms with Gasteiger partial charge in [0.15, 0.2) is 12.2 Å². The number of hydrogen-bond acceptors (Lipinski definition) is 15. The van der Waals surface area contributed by atoms with Gasteiger partial charge in [-0.15, -0.1) is 0 Å². The maximum atomic E-state index is 13.0. The fourth-order valence-electron chi connectivity index (χ4n) is 10.5. The van der Waals surface area contributed by atoms with Crippen molar-refractivity contribution in [1.29, 1.82) is 0 Å². The first-order valence-corrected chi connectivity index (χ1v) is 39.4. The SMILES string of the molecule is CCCCCCCCCC(=O)OC[C@H](COP(=O)(O)OC[C@H](O)COP(=O)(O)OC[C@@H](COC(=O)CCCCCCCCCCCCC(C)CC)OC(=O)CCCCCCCCCCCCCCC(C)C)OC(=O)CCCCCCCCCCCCC(C)C. The van der Waals surface area contributed by atoms with Gasteiger partial charge in [0.1, 0.15) is 19.3 Å². The molecule has 0 radical (unpaired) electrons. The van der Waals surface area contributed by atoms with Gasteiger partial charge < -0.3 is 33.8 Å². The predicted octanol–water partition coefficient (Wildman–Crippen LogP) is 19.8. The van der Waals surface area contributed by atoms with Crippen LogP contribution >= 0.6 is 15.6 Å². The summed E-state index contributed by atoms with van der Waals surface area (Å²) in [7, 11) is -9.90. The summed E-state index contributed by atoms with van der Waals surface area (Å²) in [6.45, 7) is 11.8. The van der Waals surface area contributed by atoms with Gasteiger partial charge in [0.2, 0.25) is 0 Å². The molecule has 0 aliphatic carbocycles. The molecule has 6 atom stereocenters. The Bertz CT molecular complexity index is 1750. The molecule has 0 aliphatic rings. The molecule has 3 unspecified atom stereocenters. The molecule has 0 aromatic heterocycles. The molecule has 0 aliphatic heterocycles. The van der Waals surface area contributed by atoms with Gasteiger partial charge in [-0.1, -0.05) is 299 Å². The van der Waals surface area contributed by atoms with Crippen molar-refractivity contribution in [2.45, 2.75) is 369 Å². The minimum Gasteiger partial charge on any atom is -0.462 e. The molecule has 0 rings (SSSR count). The molecular formula is C70H136O17P2. The van der Waals surface area contributed by atoms with Crippen LogP contribution in [-0.2, 0) is 65.4 Å². The Kier molecular flexibility index (Phi) is 59.6. The third-order valence-electron chi connectivity index (χ3n) is 16.5. The minimum atomic E-state index is -4.95. The first kappa shape index (κ1) is 87.1. The zero-order chi connectivity index (χ0) is 65.9. The number of ether oxygens (including phenoxy) is 4. The first-order chi connectivity index (χ1) is 42.8. The van der Waals surface area contributed by atoms with Crippen LogP contribution in [0.5, 0.6) is 0 Å². The molecule has 89 heavy (non-hydrogen) atoms. The maximum Gasteiger partial charge on any atom is 0.472 e. The number of aliphatic hydroxyl groups is 1. The third kappa shape index (κ3) is 63.2. The maximum absolute atomic E-state index is 13.0. The van der Waals surface area contributed by atoms with Gasteiger partial charge in [-0.2, -0.15) is 0 Å². The van der Waals surface area contributed by atoms with Crippen LogP contribution in [0.1, 0.15) is 350 Å². The van der Waals surface area contributed by atoms with E-state index < -0.39 is 97.5 Å². The van der Waals surface area contributed by atoms with Gasteiger partial charge >= 0.3 is 39.5 Å². The Hall–Kier alpha value is -1.94. The molecule has 0 amide bonds. The van der Waals surface area contributed by atoms with Gasteiger partial charge in [-0.3, -0.25) is 37.3 Å².